The highest BCUT2D eigenvalue weighted by atomic mass is 16.4. The van der Waals surface area contributed by atoms with Crippen molar-refractivity contribution in [3.05, 3.63) is 0 Å². The van der Waals surface area contributed by atoms with Gasteiger partial charge in [0.2, 0.25) is 0 Å². The summed E-state index contributed by atoms with van der Waals surface area (Å²) in [5, 5.41) is 21.7. The van der Waals surface area contributed by atoms with Crippen LogP contribution < -0.4 is 5.32 Å². The third-order valence-electron chi connectivity index (χ3n) is 5.47. The van der Waals surface area contributed by atoms with Gasteiger partial charge in [-0.25, -0.2) is 4.79 Å². The first-order chi connectivity index (χ1) is 10.9. The lowest BCUT2D eigenvalue weighted by Gasteiger charge is -2.24. The van der Waals surface area contributed by atoms with Gasteiger partial charge in [-0.1, -0.05) is 20.3 Å². The third-order valence-corrected chi connectivity index (χ3v) is 5.47. The number of carboxylic acids is 1. The van der Waals surface area contributed by atoms with Crippen LogP contribution in [0, 0.1) is 23.2 Å². The summed E-state index contributed by atoms with van der Waals surface area (Å²) in [4.78, 5) is 25.7. The van der Waals surface area contributed by atoms with E-state index in [1.165, 1.54) is 0 Å². The van der Waals surface area contributed by atoms with Crippen LogP contribution in [0.4, 0.5) is 4.79 Å². The molecular weight excluding hydrogens is 296 g/mol. The van der Waals surface area contributed by atoms with Gasteiger partial charge in [0.1, 0.15) is 0 Å². The van der Waals surface area contributed by atoms with Crippen molar-refractivity contribution in [3.63, 3.8) is 0 Å². The molecule has 1 aliphatic heterocycles. The SMILES string of the molecule is CC(C)CC(CCO)CNC(=O)N1C[C@@H]2CCC[C@@]2(C(=O)O)C1. The predicted molar refractivity (Wildman–Crippen MR) is 87.0 cm³/mol. The van der Waals surface area contributed by atoms with Crippen LogP contribution in [0.25, 0.3) is 0 Å². The molecule has 2 aliphatic rings. The van der Waals surface area contributed by atoms with E-state index in [1.54, 1.807) is 4.90 Å². The van der Waals surface area contributed by atoms with Crippen molar-refractivity contribution in [2.24, 2.45) is 23.2 Å². The molecule has 1 heterocycles. The summed E-state index contributed by atoms with van der Waals surface area (Å²) in [5.74, 6) is 0.118. The average Bonchev–Trinajstić information content (AvgIpc) is 3.01. The van der Waals surface area contributed by atoms with E-state index in [2.05, 4.69) is 19.2 Å². The summed E-state index contributed by atoms with van der Waals surface area (Å²) in [6.07, 6.45) is 4.16. The number of hydrogen-bond donors (Lipinski definition) is 3. The number of hydrogen-bond acceptors (Lipinski definition) is 3. The number of fused-ring (bicyclic) bond motifs is 1. The van der Waals surface area contributed by atoms with Crippen molar-refractivity contribution in [3.8, 4) is 0 Å². The predicted octanol–water partition coefficient (Wildman–Crippen LogP) is 1.93. The van der Waals surface area contributed by atoms with E-state index in [-0.39, 0.29) is 24.5 Å². The zero-order valence-corrected chi connectivity index (χ0v) is 14.3. The number of aliphatic carboxylic acids is 1. The maximum atomic E-state index is 12.4. The van der Waals surface area contributed by atoms with Crippen LogP contribution >= 0.6 is 0 Å². The maximum absolute atomic E-state index is 12.4. The van der Waals surface area contributed by atoms with Gasteiger partial charge in [-0.05, 0) is 43.4 Å². The number of carbonyl (C=O) groups excluding carboxylic acids is 1. The Hall–Kier alpha value is -1.30. The fourth-order valence-corrected chi connectivity index (χ4v) is 4.29. The number of nitrogens with one attached hydrogen (secondary N) is 1. The molecule has 1 unspecified atom stereocenters. The first-order valence-corrected chi connectivity index (χ1v) is 8.76. The standard InChI is InChI=1S/C17H30N2O4/c1-12(2)8-13(5-7-20)9-18-16(23)19-10-14-4-3-6-17(14,11-19)15(21)22/h12-14,20H,3-11H2,1-2H3,(H,18,23)(H,21,22)/t13?,14-,17+/m0/s1. The highest BCUT2D eigenvalue weighted by molar-refractivity contribution is 5.80. The van der Waals surface area contributed by atoms with Crippen molar-refractivity contribution in [1.82, 2.24) is 10.2 Å². The lowest BCUT2D eigenvalue weighted by atomic mass is 9.81. The molecule has 132 valence electrons. The molecule has 0 aromatic rings. The first-order valence-electron chi connectivity index (χ1n) is 8.76. The Balaban J connectivity index is 1.88. The molecule has 6 nitrogen and oxygen atoms in total. The Morgan fingerprint density at radius 3 is 2.70 bits per heavy atom. The van der Waals surface area contributed by atoms with Gasteiger partial charge in [-0.2, -0.15) is 0 Å². The average molecular weight is 326 g/mol. The van der Waals surface area contributed by atoms with Gasteiger partial charge in [0, 0.05) is 26.2 Å². The van der Waals surface area contributed by atoms with Crippen molar-refractivity contribution in [1.29, 1.82) is 0 Å². The number of aliphatic hydroxyl groups is 1. The summed E-state index contributed by atoms with van der Waals surface area (Å²) >= 11 is 0. The van der Waals surface area contributed by atoms with Gasteiger partial charge in [-0.3, -0.25) is 4.79 Å². The Morgan fingerprint density at radius 2 is 2.13 bits per heavy atom. The van der Waals surface area contributed by atoms with E-state index in [0.717, 1.165) is 19.3 Å². The zero-order valence-electron chi connectivity index (χ0n) is 14.3. The summed E-state index contributed by atoms with van der Waals surface area (Å²) in [7, 11) is 0. The van der Waals surface area contributed by atoms with Crippen LogP contribution in [0.2, 0.25) is 0 Å². The van der Waals surface area contributed by atoms with Crippen LogP contribution in [0.15, 0.2) is 0 Å². The molecule has 1 saturated heterocycles. The number of likely N-dealkylation sites (tertiary alicyclic amines) is 1. The van der Waals surface area contributed by atoms with Crippen LogP contribution in [0.1, 0.15) is 46.0 Å². The molecule has 23 heavy (non-hydrogen) atoms. The quantitative estimate of drug-likeness (QED) is 0.667. The summed E-state index contributed by atoms with van der Waals surface area (Å²) in [6, 6.07) is -0.160. The minimum absolute atomic E-state index is 0.0923. The minimum atomic E-state index is -0.756. The fourth-order valence-electron chi connectivity index (χ4n) is 4.29. The van der Waals surface area contributed by atoms with E-state index >= 15 is 0 Å². The van der Waals surface area contributed by atoms with Gasteiger partial charge < -0.3 is 20.4 Å². The molecule has 0 aromatic heterocycles. The summed E-state index contributed by atoms with van der Waals surface area (Å²) < 4.78 is 0. The summed E-state index contributed by atoms with van der Waals surface area (Å²) in [6.45, 7) is 5.80. The molecular formula is C17H30N2O4. The minimum Gasteiger partial charge on any atom is -0.481 e. The van der Waals surface area contributed by atoms with Gasteiger partial charge in [0.15, 0.2) is 0 Å². The Bertz CT molecular complexity index is 440. The first kappa shape index (κ1) is 18.0. The molecule has 6 heteroatoms. The third kappa shape index (κ3) is 3.97. The van der Waals surface area contributed by atoms with E-state index < -0.39 is 11.4 Å². The largest absolute Gasteiger partial charge is 0.481 e. The van der Waals surface area contributed by atoms with Gasteiger partial charge >= 0.3 is 12.0 Å². The normalized spacial score (nSPS) is 28.0. The van der Waals surface area contributed by atoms with Crippen molar-refractivity contribution < 1.29 is 19.8 Å². The van der Waals surface area contributed by atoms with E-state index in [1.807, 2.05) is 0 Å². The van der Waals surface area contributed by atoms with E-state index in [0.29, 0.717) is 38.4 Å². The Kier molecular flexibility index (Phi) is 5.89. The zero-order chi connectivity index (χ0) is 17.0. The van der Waals surface area contributed by atoms with Crippen LogP contribution in [-0.2, 0) is 4.79 Å². The van der Waals surface area contributed by atoms with Crippen LogP contribution in [-0.4, -0.2) is 53.4 Å². The number of carboxylic acid groups (broad SMARTS) is 1. The van der Waals surface area contributed by atoms with Crippen molar-refractivity contribution >= 4 is 12.0 Å². The number of carbonyl (C=O) groups is 2. The smallest absolute Gasteiger partial charge is 0.317 e. The molecule has 1 saturated carbocycles. The second-order valence-corrected chi connectivity index (χ2v) is 7.62. The lowest BCUT2D eigenvalue weighted by Crippen LogP contribution is -2.43. The maximum Gasteiger partial charge on any atom is 0.317 e. The molecule has 3 atom stereocenters. The number of nitrogens with zero attached hydrogens (tertiary/aromatic N) is 1. The second kappa shape index (κ2) is 7.51. The molecule has 3 N–H and O–H groups in total. The van der Waals surface area contributed by atoms with Gasteiger partial charge in [-0.15, -0.1) is 0 Å². The lowest BCUT2D eigenvalue weighted by molar-refractivity contribution is -0.149. The molecule has 1 aliphatic carbocycles. The van der Waals surface area contributed by atoms with Crippen molar-refractivity contribution in [2.45, 2.75) is 46.0 Å². The summed E-state index contributed by atoms with van der Waals surface area (Å²) in [5.41, 5.74) is -0.722. The van der Waals surface area contributed by atoms with Gasteiger partial charge in [0.25, 0.3) is 0 Å². The molecule has 0 spiro atoms. The topological polar surface area (TPSA) is 89.9 Å². The van der Waals surface area contributed by atoms with Crippen LogP contribution in [0.5, 0.6) is 0 Å². The van der Waals surface area contributed by atoms with E-state index in [9.17, 15) is 14.7 Å². The Morgan fingerprint density at radius 1 is 1.39 bits per heavy atom. The number of aliphatic hydroxyl groups excluding tert-OH is 1. The number of amides is 2. The number of urea groups is 1. The number of rotatable bonds is 7. The van der Waals surface area contributed by atoms with Gasteiger partial charge in [0.05, 0.1) is 5.41 Å². The fraction of sp³-hybridized carbons (Fsp3) is 0.882. The molecule has 0 bridgehead atoms. The molecule has 2 fully saturated rings. The highest BCUT2D eigenvalue weighted by Crippen LogP contribution is 2.48. The van der Waals surface area contributed by atoms with Crippen molar-refractivity contribution in [2.75, 3.05) is 26.2 Å². The van der Waals surface area contributed by atoms with E-state index in [4.69, 9.17) is 5.11 Å². The Labute approximate surface area is 138 Å². The molecule has 2 rings (SSSR count). The monoisotopic (exact) mass is 326 g/mol. The highest BCUT2D eigenvalue weighted by Gasteiger charge is 2.55. The molecule has 2 amide bonds. The molecule has 0 radical (unpaired) electrons. The molecule has 0 aromatic carbocycles. The second-order valence-electron chi connectivity index (χ2n) is 7.62. The van der Waals surface area contributed by atoms with Crippen LogP contribution in [0.3, 0.4) is 0 Å².